The van der Waals surface area contributed by atoms with Gasteiger partial charge in [0.1, 0.15) is 18.3 Å². The van der Waals surface area contributed by atoms with E-state index in [1.54, 1.807) is 0 Å². The fourth-order valence-corrected chi connectivity index (χ4v) is 5.54. The Labute approximate surface area is 193 Å². The van der Waals surface area contributed by atoms with Crippen LogP contribution in [0.15, 0.2) is 18.7 Å². The standard InChI is InChI=1S/C21H25N7O6/c29-7-13-15(30)16(31)19(34-13)27-8-22-14-17(24-12-4-9-1-2-10(12)3-9)25-21(26-18(14)27)28-6-11(5-23-28)20(32)33/h5-6,8-10,12-13,15-16,19,29-31H,1-4,7H2,(H,32,33)(H,24,25,26)/t9?,10?,12?,13-,15-,16-,19?/m1/s1. The van der Waals surface area contributed by atoms with Crippen molar-refractivity contribution in [2.75, 3.05) is 11.9 Å². The minimum Gasteiger partial charge on any atom is -0.478 e. The molecule has 0 spiro atoms. The summed E-state index contributed by atoms with van der Waals surface area (Å²) in [6.07, 6.45) is 4.07. The number of rotatable bonds is 6. The molecule has 6 rings (SSSR count). The molecule has 0 amide bonds. The van der Waals surface area contributed by atoms with E-state index in [1.807, 2.05) is 0 Å². The third-order valence-electron chi connectivity index (χ3n) is 7.30. The van der Waals surface area contributed by atoms with Gasteiger partial charge in [-0.15, -0.1) is 0 Å². The van der Waals surface area contributed by atoms with Gasteiger partial charge in [0.25, 0.3) is 5.95 Å². The van der Waals surface area contributed by atoms with Gasteiger partial charge in [0.05, 0.1) is 24.7 Å². The number of anilines is 1. The van der Waals surface area contributed by atoms with Crippen molar-refractivity contribution < 1.29 is 30.0 Å². The first-order valence-corrected chi connectivity index (χ1v) is 11.3. The molecule has 1 saturated heterocycles. The van der Waals surface area contributed by atoms with E-state index >= 15 is 0 Å². The Kier molecular flexibility index (Phi) is 5.02. The molecule has 3 aromatic rings. The summed E-state index contributed by atoms with van der Waals surface area (Å²) in [6, 6.07) is 0.246. The van der Waals surface area contributed by atoms with Gasteiger partial charge in [-0.3, -0.25) is 4.57 Å². The lowest BCUT2D eigenvalue weighted by molar-refractivity contribution is -0.0511. The van der Waals surface area contributed by atoms with Crippen molar-refractivity contribution in [2.24, 2.45) is 11.8 Å². The molecule has 13 heteroatoms. The largest absolute Gasteiger partial charge is 0.478 e. The summed E-state index contributed by atoms with van der Waals surface area (Å²) >= 11 is 0. The number of aromatic nitrogens is 6. The molecule has 2 aliphatic carbocycles. The summed E-state index contributed by atoms with van der Waals surface area (Å²) in [7, 11) is 0. The number of carboxylic acid groups (broad SMARTS) is 1. The van der Waals surface area contributed by atoms with E-state index in [2.05, 4.69) is 25.4 Å². The maximum Gasteiger partial charge on any atom is 0.338 e. The van der Waals surface area contributed by atoms with Gasteiger partial charge in [0.2, 0.25) is 0 Å². The molecule has 3 aliphatic rings. The van der Waals surface area contributed by atoms with Gasteiger partial charge in [0.15, 0.2) is 23.2 Å². The summed E-state index contributed by atoms with van der Waals surface area (Å²) < 4.78 is 8.43. The van der Waals surface area contributed by atoms with Gasteiger partial charge < -0.3 is 30.5 Å². The first kappa shape index (κ1) is 21.4. The van der Waals surface area contributed by atoms with Crippen LogP contribution in [0, 0.1) is 11.8 Å². The van der Waals surface area contributed by atoms with Crippen molar-refractivity contribution in [3.05, 3.63) is 24.3 Å². The Hall–Kier alpha value is -3.13. The van der Waals surface area contributed by atoms with Crippen LogP contribution in [0.1, 0.15) is 42.3 Å². The highest BCUT2D eigenvalue weighted by atomic mass is 16.6. The molecule has 0 radical (unpaired) electrons. The first-order chi connectivity index (χ1) is 16.4. The molecule has 0 aromatic carbocycles. The molecule has 1 aliphatic heterocycles. The van der Waals surface area contributed by atoms with Gasteiger partial charge in [-0.05, 0) is 31.1 Å². The minimum absolute atomic E-state index is 0.0109. The maximum absolute atomic E-state index is 11.3. The molecular formula is C21H25N7O6. The Morgan fingerprint density at radius 2 is 2.06 bits per heavy atom. The number of hydrogen-bond donors (Lipinski definition) is 5. The molecule has 13 nitrogen and oxygen atoms in total. The zero-order valence-corrected chi connectivity index (χ0v) is 18.1. The van der Waals surface area contributed by atoms with Crippen LogP contribution in [0.4, 0.5) is 5.82 Å². The van der Waals surface area contributed by atoms with E-state index in [0.29, 0.717) is 28.8 Å². The molecule has 2 bridgehead atoms. The quantitative estimate of drug-likeness (QED) is 0.324. The van der Waals surface area contributed by atoms with Crippen molar-refractivity contribution in [3.63, 3.8) is 0 Å². The number of carboxylic acids is 1. The Balaban J connectivity index is 1.44. The number of carbonyl (C=O) groups is 1. The second-order valence-electron chi connectivity index (χ2n) is 9.33. The molecule has 7 atom stereocenters. The maximum atomic E-state index is 11.3. The van der Waals surface area contributed by atoms with Crippen molar-refractivity contribution in [1.29, 1.82) is 0 Å². The average molecular weight is 471 g/mol. The highest BCUT2D eigenvalue weighted by molar-refractivity contribution is 5.87. The van der Waals surface area contributed by atoms with Crippen molar-refractivity contribution in [1.82, 2.24) is 29.3 Å². The number of nitrogens with one attached hydrogen (secondary N) is 1. The van der Waals surface area contributed by atoms with E-state index in [-0.39, 0.29) is 17.6 Å². The average Bonchev–Trinajstić information content (AvgIpc) is 3.64. The molecule has 3 fully saturated rings. The van der Waals surface area contributed by atoms with Gasteiger partial charge >= 0.3 is 5.97 Å². The van der Waals surface area contributed by atoms with E-state index in [9.17, 15) is 25.2 Å². The molecule has 4 unspecified atom stereocenters. The number of hydrogen-bond acceptors (Lipinski definition) is 10. The zero-order chi connectivity index (χ0) is 23.6. The van der Waals surface area contributed by atoms with Crippen LogP contribution in [0.2, 0.25) is 0 Å². The molecule has 34 heavy (non-hydrogen) atoms. The molecular weight excluding hydrogens is 446 g/mol. The summed E-state index contributed by atoms with van der Waals surface area (Å²) in [5, 5.41) is 47.1. The van der Waals surface area contributed by atoms with E-state index in [4.69, 9.17) is 4.74 Å². The van der Waals surface area contributed by atoms with E-state index < -0.39 is 37.1 Å². The number of aromatic carboxylic acids is 1. The lowest BCUT2D eigenvalue weighted by Crippen LogP contribution is -2.33. The summed E-state index contributed by atoms with van der Waals surface area (Å²) in [5.41, 5.74) is 0.760. The fourth-order valence-electron chi connectivity index (χ4n) is 5.54. The normalized spacial score (nSPS) is 32.6. The number of ether oxygens (including phenoxy) is 1. The lowest BCUT2D eigenvalue weighted by Gasteiger charge is -2.23. The lowest BCUT2D eigenvalue weighted by atomic mass is 9.95. The summed E-state index contributed by atoms with van der Waals surface area (Å²) in [6.45, 7) is -0.454. The van der Waals surface area contributed by atoms with E-state index in [0.717, 1.165) is 6.42 Å². The van der Waals surface area contributed by atoms with Crippen LogP contribution in [0.3, 0.4) is 0 Å². The predicted octanol–water partition coefficient (Wildman–Crippen LogP) is -0.0778. The highest BCUT2D eigenvalue weighted by Gasteiger charge is 2.44. The van der Waals surface area contributed by atoms with Crippen LogP contribution in [-0.2, 0) is 4.74 Å². The third-order valence-corrected chi connectivity index (χ3v) is 7.30. The van der Waals surface area contributed by atoms with Gasteiger partial charge in [-0.1, -0.05) is 6.42 Å². The molecule has 4 heterocycles. The monoisotopic (exact) mass is 471 g/mol. The second-order valence-corrected chi connectivity index (χ2v) is 9.33. The number of fused-ring (bicyclic) bond motifs is 3. The zero-order valence-electron chi connectivity index (χ0n) is 18.1. The van der Waals surface area contributed by atoms with Crippen molar-refractivity contribution in [3.8, 4) is 5.95 Å². The van der Waals surface area contributed by atoms with Crippen LogP contribution >= 0.6 is 0 Å². The SMILES string of the molecule is O=C(O)c1cnn(-c2nc(NC3CC4CCC3C4)c3ncn(C4O[C@H](CO)[C@@H](O)[C@H]4O)c3n2)c1. The smallest absolute Gasteiger partial charge is 0.338 e. The third kappa shape index (κ3) is 3.35. The Bertz CT molecular complexity index is 1240. The Morgan fingerprint density at radius 3 is 2.71 bits per heavy atom. The second kappa shape index (κ2) is 7.98. The predicted molar refractivity (Wildman–Crippen MR) is 115 cm³/mol. The molecule has 2 saturated carbocycles. The van der Waals surface area contributed by atoms with Gasteiger partial charge in [0, 0.05) is 12.2 Å². The molecule has 180 valence electrons. The van der Waals surface area contributed by atoms with Crippen LogP contribution in [-0.4, -0.2) is 86.7 Å². The number of aliphatic hydroxyl groups excluding tert-OH is 3. The van der Waals surface area contributed by atoms with Crippen LogP contribution in [0.5, 0.6) is 0 Å². The summed E-state index contributed by atoms with van der Waals surface area (Å²) in [4.78, 5) is 24.9. The topological polar surface area (TPSA) is 181 Å². The van der Waals surface area contributed by atoms with Crippen LogP contribution < -0.4 is 5.32 Å². The molecule has 3 aromatic heterocycles. The fraction of sp³-hybridized carbons (Fsp3) is 0.571. The van der Waals surface area contributed by atoms with Crippen molar-refractivity contribution in [2.45, 2.75) is 56.3 Å². The highest BCUT2D eigenvalue weighted by Crippen LogP contribution is 2.46. The number of aliphatic hydroxyl groups is 3. The molecule has 5 N–H and O–H groups in total. The van der Waals surface area contributed by atoms with Crippen LogP contribution in [0.25, 0.3) is 17.1 Å². The van der Waals surface area contributed by atoms with Gasteiger partial charge in [-0.25, -0.2) is 14.5 Å². The van der Waals surface area contributed by atoms with Gasteiger partial charge in [-0.2, -0.15) is 15.1 Å². The van der Waals surface area contributed by atoms with E-state index in [1.165, 1.54) is 47.2 Å². The van der Waals surface area contributed by atoms with Crippen molar-refractivity contribution >= 4 is 23.0 Å². The summed E-state index contributed by atoms with van der Waals surface area (Å²) in [5.74, 6) is 0.753. The number of nitrogens with zero attached hydrogens (tertiary/aromatic N) is 6. The Morgan fingerprint density at radius 1 is 1.21 bits per heavy atom. The first-order valence-electron chi connectivity index (χ1n) is 11.3. The minimum atomic E-state index is -1.31. The number of imidazole rings is 1.